The molecule has 3 aromatic rings. The van der Waals surface area contributed by atoms with Gasteiger partial charge < -0.3 is 4.74 Å². The highest BCUT2D eigenvalue weighted by Crippen LogP contribution is 2.29. The van der Waals surface area contributed by atoms with Crippen molar-refractivity contribution in [3.8, 4) is 11.8 Å². The highest BCUT2D eigenvalue weighted by atomic mass is 32.2. The molecule has 0 aliphatic rings. The van der Waals surface area contributed by atoms with Gasteiger partial charge in [-0.15, -0.1) is 0 Å². The summed E-state index contributed by atoms with van der Waals surface area (Å²) in [5.41, 5.74) is 1.50. The molecule has 0 bridgehead atoms. The maximum absolute atomic E-state index is 14.5. The van der Waals surface area contributed by atoms with Crippen LogP contribution in [-0.4, -0.2) is 15.5 Å². The molecule has 0 heterocycles. The average molecular weight is 410 g/mol. The number of nitriles is 1. The highest BCUT2D eigenvalue weighted by molar-refractivity contribution is 7.92. The largest absolute Gasteiger partial charge is 0.497 e. The van der Waals surface area contributed by atoms with Crippen molar-refractivity contribution in [2.75, 3.05) is 11.4 Å². The van der Waals surface area contributed by atoms with Gasteiger partial charge in [0, 0.05) is 5.56 Å². The lowest BCUT2D eigenvalue weighted by atomic mass is 10.1. The summed E-state index contributed by atoms with van der Waals surface area (Å²) in [7, 11) is -2.45. The highest BCUT2D eigenvalue weighted by Gasteiger charge is 2.26. The maximum Gasteiger partial charge on any atom is 0.264 e. The molecule has 0 amide bonds. The zero-order valence-electron chi connectivity index (χ0n) is 16.0. The van der Waals surface area contributed by atoms with Crippen LogP contribution in [0.1, 0.15) is 16.7 Å². The predicted molar refractivity (Wildman–Crippen MR) is 109 cm³/mol. The Morgan fingerprint density at radius 2 is 1.79 bits per heavy atom. The third-order valence-electron chi connectivity index (χ3n) is 4.43. The molecule has 0 aliphatic carbocycles. The van der Waals surface area contributed by atoms with Gasteiger partial charge in [-0.2, -0.15) is 5.26 Å². The predicted octanol–water partition coefficient (Wildman–Crippen LogP) is 4.41. The first-order chi connectivity index (χ1) is 13.8. The van der Waals surface area contributed by atoms with Gasteiger partial charge in [0.15, 0.2) is 0 Å². The second-order valence-corrected chi connectivity index (χ2v) is 8.31. The number of hydrogen-bond donors (Lipinski definition) is 0. The van der Waals surface area contributed by atoms with E-state index in [1.54, 1.807) is 49.4 Å². The first kappa shape index (κ1) is 20.4. The standard InChI is InChI=1S/C22H19FN2O3S/c1-16-4-3-5-21(12-16)29(26,27)25(19-8-10-20(28-2)11-9-19)15-18-7-6-17(14-24)13-22(18)23/h3-13H,15H2,1-2H3. The summed E-state index contributed by atoms with van der Waals surface area (Å²) < 4.78 is 47.6. The van der Waals surface area contributed by atoms with Crippen LogP contribution in [0.5, 0.6) is 5.75 Å². The summed E-state index contributed by atoms with van der Waals surface area (Å²) in [5, 5.41) is 8.93. The molecule has 0 aliphatic heterocycles. The van der Waals surface area contributed by atoms with Gasteiger partial charge >= 0.3 is 0 Å². The summed E-state index contributed by atoms with van der Waals surface area (Å²) in [6.45, 7) is 1.58. The Labute approximate surface area is 169 Å². The molecule has 148 valence electrons. The molecule has 29 heavy (non-hydrogen) atoms. The zero-order valence-corrected chi connectivity index (χ0v) is 16.8. The van der Waals surface area contributed by atoms with Crippen molar-refractivity contribution in [1.82, 2.24) is 0 Å². The molecule has 3 aromatic carbocycles. The summed E-state index contributed by atoms with van der Waals surface area (Å²) in [5.74, 6) is -0.0618. The van der Waals surface area contributed by atoms with Gasteiger partial charge in [-0.05, 0) is 61.0 Å². The number of nitrogens with zero attached hydrogens (tertiary/aromatic N) is 2. The van der Waals surface area contributed by atoms with E-state index in [0.29, 0.717) is 11.4 Å². The van der Waals surface area contributed by atoms with Crippen molar-refractivity contribution >= 4 is 15.7 Å². The Balaban J connectivity index is 2.10. The van der Waals surface area contributed by atoms with E-state index in [9.17, 15) is 12.8 Å². The molecule has 0 N–H and O–H groups in total. The van der Waals surface area contributed by atoms with Gasteiger partial charge in [-0.1, -0.05) is 18.2 Å². The molecule has 3 rings (SSSR count). The minimum Gasteiger partial charge on any atom is -0.497 e. The van der Waals surface area contributed by atoms with Crippen LogP contribution in [0.25, 0.3) is 0 Å². The lowest BCUT2D eigenvalue weighted by molar-refractivity contribution is 0.415. The fourth-order valence-corrected chi connectivity index (χ4v) is 4.41. The van der Waals surface area contributed by atoms with E-state index < -0.39 is 15.8 Å². The zero-order chi connectivity index (χ0) is 21.0. The number of anilines is 1. The lowest BCUT2D eigenvalue weighted by Gasteiger charge is -2.25. The number of sulfonamides is 1. The van der Waals surface area contributed by atoms with E-state index >= 15 is 0 Å². The van der Waals surface area contributed by atoms with Gasteiger partial charge in [-0.3, -0.25) is 4.31 Å². The van der Waals surface area contributed by atoms with Crippen molar-refractivity contribution in [2.24, 2.45) is 0 Å². The molecule has 0 spiro atoms. The van der Waals surface area contributed by atoms with E-state index in [0.717, 1.165) is 15.9 Å². The Morgan fingerprint density at radius 1 is 1.07 bits per heavy atom. The van der Waals surface area contributed by atoms with E-state index in [1.165, 1.54) is 25.3 Å². The average Bonchev–Trinajstić information content (AvgIpc) is 2.72. The second kappa shape index (κ2) is 8.33. The van der Waals surface area contributed by atoms with Gasteiger partial charge in [-0.25, -0.2) is 12.8 Å². The third kappa shape index (κ3) is 4.39. The monoisotopic (exact) mass is 410 g/mol. The summed E-state index contributed by atoms with van der Waals surface area (Å²) >= 11 is 0. The number of halogens is 1. The molecule has 0 radical (unpaired) electrons. The molecule has 0 fully saturated rings. The van der Waals surface area contributed by atoms with Crippen molar-refractivity contribution in [3.63, 3.8) is 0 Å². The Bertz CT molecular complexity index is 1170. The number of aryl methyl sites for hydroxylation is 1. The maximum atomic E-state index is 14.5. The number of methoxy groups -OCH3 is 1. The first-order valence-corrected chi connectivity index (χ1v) is 10.2. The van der Waals surface area contributed by atoms with E-state index in [1.807, 2.05) is 6.07 Å². The van der Waals surface area contributed by atoms with Crippen LogP contribution < -0.4 is 9.04 Å². The Morgan fingerprint density at radius 3 is 2.38 bits per heavy atom. The van der Waals surface area contributed by atoms with Crippen molar-refractivity contribution in [1.29, 1.82) is 5.26 Å². The normalized spacial score (nSPS) is 11.0. The van der Waals surface area contributed by atoms with Gasteiger partial charge in [0.25, 0.3) is 10.0 Å². The van der Waals surface area contributed by atoms with E-state index in [4.69, 9.17) is 10.00 Å². The molecular formula is C22H19FN2O3S. The molecule has 7 heteroatoms. The van der Waals surface area contributed by atoms with Gasteiger partial charge in [0.2, 0.25) is 0 Å². The fraction of sp³-hybridized carbons (Fsp3) is 0.136. The van der Waals surface area contributed by atoms with Gasteiger partial charge in [0.05, 0.1) is 35.9 Å². The quantitative estimate of drug-likeness (QED) is 0.604. The first-order valence-electron chi connectivity index (χ1n) is 8.77. The number of hydrogen-bond acceptors (Lipinski definition) is 4. The number of ether oxygens (including phenoxy) is 1. The summed E-state index contributed by atoms with van der Waals surface area (Å²) in [4.78, 5) is 0.113. The van der Waals surface area contributed by atoms with E-state index in [-0.39, 0.29) is 22.6 Å². The Kier molecular flexibility index (Phi) is 5.85. The molecule has 0 atom stereocenters. The smallest absolute Gasteiger partial charge is 0.264 e. The lowest BCUT2D eigenvalue weighted by Crippen LogP contribution is -2.31. The summed E-state index contributed by atoms with van der Waals surface area (Å²) in [6.07, 6.45) is 0. The minimum absolute atomic E-state index is 0.113. The minimum atomic E-state index is -3.97. The Hall–Kier alpha value is -3.37. The summed E-state index contributed by atoms with van der Waals surface area (Å²) in [6, 6.07) is 18.9. The van der Waals surface area contributed by atoms with E-state index in [2.05, 4.69) is 0 Å². The molecule has 0 unspecified atom stereocenters. The number of rotatable bonds is 6. The molecular weight excluding hydrogens is 391 g/mol. The SMILES string of the molecule is COc1ccc(N(Cc2ccc(C#N)cc2F)S(=O)(=O)c2cccc(C)c2)cc1. The van der Waals surface area contributed by atoms with Crippen LogP contribution in [0.15, 0.2) is 71.6 Å². The van der Waals surface area contributed by atoms with Crippen molar-refractivity contribution in [2.45, 2.75) is 18.4 Å². The molecule has 0 saturated heterocycles. The van der Waals surface area contributed by atoms with Gasteiger partial charge in [0.1, 0.15) is 11.6 Å². The van der Waals surface area contributed by atoms with Crippen LogP contribution >= 0.6 is 0 Å². The molecule has 0 aromatic heterocycles. The molecule has 5 nitrogen and oxygen atoms in total. The second-order valence-electron chi connectivity index (χ2n) is 6.44. The topological polar surface area (TPSA) is 70.4 Å². The van der Waals surface area contributed by atoms with Crippen LogP contribution in [0.2, 0.25) is 0 Å². The third-order valence-corrected chi connectivity index (χ3v) is 6.20. The van der Waals surface area contributed by atoms with Crippen LogP contribution in [-0.2, 0) is 16.6 Å². The molecule has 0 saturated carbocycles. The van der Waals surface area contributed by atoms with Crippen LogP contribution in [0, 0.1) is 24.1 Å². The van der Waals surface area contributed by atoms with Crippen LogP contribution in [0.3, 0.4) is 0 Å². The fourth-order valence-electron chi connectivity index (χ4n) is 2.87. The van der Waals surface area contributed by atoms with Crippen molar-refractivity contribution in [3.05, 3.63) is 89.2 Å². The van der Waals surface area contributed by atoms with Crippen LogP contribution in [0.4, 0.5) is 10.1 Å². The number of benzene rings is 3. The van der Waals surface area contributed by atoms with Crippen molar-refractivity contribution < 1.29 is 17.5 Å².